The Labute approximate surface area is 127 Å². The van der Waals surface area contributed by atoms with Crippen LogP contribution < -0.4 is 0 Å². The van der Waals surface area contributed by atoms with E-state index in [0.717, 1.165) is 24.8 Å². The molecule has 1 unspecified atom stereocenters. The van der Waals surface area contributed by atoms with E-state index >= 15 is 0 Å². The van der Waals surface area contributed by atoms with E-state index in [2.05, 4.69) is 6.92 Å². The zero-order chi connectivity index (χ0) is 15.5. The molecule has 0 N–H and O–H groups in total. The molecule has 1 rings (SSSR count). The van der Waals surface area contributed by atoms with E-state index in [1.807, 2.05) is 43.3 Å². The van der Waals surface area contributed by atoms with Crippen LogP contribution in [-0.2, 0) is 9.53 Å². The number of carbonyl (C=O) groups is 1. The smallest absolute Gasteiger partial charge is 0.349 e. The fourth-order valence-electron chi connectivity index (χ4n) is 2.02. The van der Waals surface area contributed by atoms with Gasteiger partial charge in [0.15, 0.2) is 0 Å². The van der Waals surface area contributed by atoms with Crippen molar-refractivity contribution in [3.05, 3.63) is 41.5 Å². The molecule has 1 atom stereocenters. The quantitative estimate of drug-likeness (QED) is 0.306. The molecule has 112 valence electrons. The van der Waals surface area contributed by atoms with Gasteiger partial charge in [-0.3, -0.25) is 0 Å². The standard InChI is InChI=1S/C18H23NO2/c1-3-4-5-7-10-15(2)21-18(20)17(14-19)13-16-11-8-6-9-12-16/h6,8-9,11-13,15H,3-5,7,10H2,1-2H3. The van der Waals surface area contributed by atoms with Crippen molar-refractivity contribution in [1.82, 2.24) is 0 Å². The summed E-state index contributed by atoms with van der Waals surface area (Å²) in [7, 11) is 0. The summed E-state index contributed by atoms with van der Waals surface area (Å²) in [5.41, 5.74) is 0.864. The van der Waals surface area contributed by atoms with E-state index in [1.54, 1.807) is 6.08 Å². The number of esters is 1. The first-order chi connectivity index (χ1) is 10.2. The lowest BCUT2D eigenvalue weighted by Crippen LogP contribution is -2.16. The minimum atomic E-state index is -0.538. The van der Waals surface area contributed by atoms with Crippen LogP contribution in [0.1, 0.15) is 51.5 Å². The second kappa shape index (κ2) is 9.77. The summed E-state index contributed by atoms with van der Waals surface area (Å²) >= 11 is 0. The van der Waals surface area contributed by atoms with Crippen molar-refractivity contribution < 1.29 is 9.53 Å². The molecule has 0 spiro atoms. The van der Waals surface area contributed by atoms with E-state index in [1.165, 1.54) is 12.8 Å². The van der Waals surface area contributed by atoms with Gasteiger partial charge in [0.25, 0.3) is 0 Å². The summed E-state index contributed by atoms with van der Waals surface area (Å²) in [6.45, 7) is 4.04. The maximum Gasteiger partial charge on any atom is 0.349 e. The van der Waals surface area contributed by atoms with Crippen LogP contribution in [0.25, 0.3) is 6.08 Å². The highest BCUT2D eigenvalue weighted by Crippen LogP contribution is 2.12. The van der Waals surface area contributed by atoms with Crippen molar-refractivity contribution in [3.63, 3.8) is 0 Å². The molecular formula is C18H23NO2. The number of carbonyl (C=O) groups excluding carboxylic acids is 1. The summed E-state index contributed by atoms with van der Waals surface area (Å²) in [5, 5.41) is 9.10. The molecule has 0 bridgehead atoms. The SMILES string of the molecule is CCCCCCC(C)OC(=O)C(C#N)=Cc1ccccc1. The molecule has 0 aliphatic rings. The maximum atomic E-state index is 12.0. The fourth-order valence-corrected chi connectivity index (χ4v) is 2.02. The summed E-state index contributed by atoms with van der Waals surface area (Å²) in [5.74, 6) is -0.538. The van der Waals surface area contributed by atoms with Gasteiger partial charge in [-0.15, -0.1) is 0 Å². The number of unbranched alkanes of at least 4 members (excludes halogenated alkanes) is 3. The molecule has 0 radical (unpaired) electrons. The van der Waals surface area contributed by atoms with Gasteiger partial charge in [-0.05, 0) is 31.4 Å². The van der Waals surface area contributed by atoms with Gasteiger partial charge in [0.2, 0.25) is 0 Å². The number of nitriles is 1. The maximum absolute atomic E-state index is 12.0. The van der Waals surface area contributed by atoms with E-state index < -0.39 is 5.97 Å². The molecule has 0 saturated heterocycles. The van der Waals surface area contributed by atoms with Crippen molar-refractivity contribution in [3.8, 4) is 6.07 Å². The van der Waals surface area contributed by atoms with Gasteiger partial charge in [-0.2, -0.15) is 5.26 Å². The molecule has 0 aliphatic heterocycles. The third-order valence-corrected chi connectivity index (χ3v) is 3.22. The predicted octanol–water partition coefficient (Wildman–Crippen LogP) is 4.50. The number of hydrogen-bond donors (Lipinski definition) is 0. The zero-order valence-electron chi connectivity index (χ0n) is 12.8. The van der Waals surface area contributed by atoms with E-state index in [0.29, 0.717) is 0 Å². The van der Waals surface area contributed by atoms with Crippen molar-refractivity contribution in [2.45, 2.75) is 52.1 Å². The number of ether oxygens (including phenoxy) is 1. The van der Waals surface area contributed by atoms with E-state index in [9.17, 15) is 4.79 Å². The first-order valence-electron chi connectivity index (χ1n) is 7.55. The van der Waals surface area contributed by atoms with Crippen LogP contribution in [-0.4, -0.2) is 12.1 Å². The Kier molecular flexibility index (Phi) is 7.89. The molecule has 3 heteroatoms. The van der Waals surface area contributed by atoms with Gasteiger partial charge in [0.05, 0.1) is 6.10 Å². The molecule has 0 heterocycles. The van der Waals surface area contributed by atoms with Gasteiger partial charge in [0, 0.05) is 0 Å². The Bertz CT molecular complexity index is 500. The number of hydrogen-bond acceptors (Lipinski definition) is 3. The van der Waals surface area contributed by atoms with Crippen molar-refractivity contribution in [1.29, 1.82) is 5.26 Å². The number of rotatable bonds is 8. The van der Waals surface area contributed by atoms with Crippen LogP contribution in [0.15, 0.2) is 35.9 Å². The molecule has 21 heavy (non-hydrogen) atoms. The molecule has 1 aromatic carbocycles. The van der Waals surface area contributed by atoms with Crippen molar-refractivity contribution in [2.24, 2.45) is 0 Å². The Morgan fingerprint density at radius 3 is 2.62 bits per heavy atom. The monoisotopic (exact) mass is 285 g/mol. The highest BCUT2D eigenvalue weighted by molar-refractivity contribution is 5.97. The Morgan fingerprint density at radius 2 is 2.00 bits per heavy atom. The fraction of sp³-hybridized carbons (Fsp3) is 0.444. The Hall–Kier alpha value is -2.08. The lowest BCUT2D eigenvalue weighted by Gasteiger charge is -2.12. The highest BCUT2D eigenvalue weighted by atomic mass is 16.5. The van der Waals surface area contributed by atoms with Crippen LogP contribution in [0.4, 0.5) is 0 Å². The Morgan fingerprint density at radius 1 is 1.29 bits per heavy atom. The average Bonchev–Trinajstić information content (AvgIpc) is 2.50. The third-order valence-electron chi connectivity index (χ3n) is 3.22. The zero-order valence-corrected chi connectivity index (χ0v) is 12.8. The molecule has 3 nitrogen and oxygen atoms in total. The van der Waals surface area contributed by atoms with Crippen LogP contribution in [0.5, 0.6) is 0 Å². The molecule has 0 aromatic heterocycles. The van der Waals surface area contributed by atoms with E-state index in [4.69, 9.17) is 10.00 Å². The Balaban J connectivity index is 2.52. The summed E-state index contributed by atoms with van der Waals surface area (Å²) in [4.78, 5) is 12.0. The minimum absolute atomic E-state index is 0.0432. The van der Waals surface area contributed by atoms with Crippen LogP contribution in [0, 0.1) is 11.3 Å². The van der Waals surface area contributed by atoms with Crippen LogP contribution in [0.2, 0.25) is 0 Å². The van der Waals surface area contributed by atoms with Gasteiger partial charge in [-0.25, -0.2) is 4.79 Å². The lowest BCUT2D eigenvalue weighted by molar-refractivity contribution is -0.143. The third kappa shape index (κ3) is 6.76. The highest BCUT2D eigenvalue weighted by Gasteiger charge is 2.14. The van der Waals surface area contributed by atoms with Gasteiger partial charge >= 0.3 is 5.97 Å². The van der Waals surface area contributed by atoms with Crippen molar-refractivity contribution in [2.75, 3.05) is 0 Å². The van der Waals surface area contributed by atoms with E-state index in [-0.39, 0.29) is 11.7 Å². The molecule has 0 saturated carbocycles. The average molecular weight is 285 g/mol. The second-order valence-electron chi connectivity index (χ2n) is 5.15. The van der Waals surface area contributed by atoms with Gasteiger partial charge in [-0.1, -0.05) is 56.5 Å². The summed E-state index contributed by atoms with van der Waals surface area (Å²) < 4.78 is 5.33. The van der Waals surface area contributed by atoms with Gasteiger partial charge < -0.3 is 4.74 Å². The van der Waals surface area contributed by atoms with Gasteiger partial charge in [0.1, 0.15) is 11.6 Å². The summed E-state index contributed by atoms with van der Waals surface area (Å²) in [6.07, 6.45) is 6.85. The first-order valence-corrected chi connectivity index (χ1v) is 7.55. The minimum Gasteiger partial charge on any atom is -0.459 e. The largest absolute Gasteiger partial charge is 0.459 e. The molecule has 0 fully saturated rings. The second-order valence-corrected chi connectivity index (χ2v) is 5.15. The molecule has 0 amide bonds. The van der Waals surface area contributed by atoms with Crippen molar-refractivity contribution >= 4 is 12.0 Å². The predicted molar refractivity (Wildman–Crippen MR) is 84.3 cm³/mol. The molecule has 1 aromatic rings. The number of benzene rings is 1. The lowest BCUT2D eigenvalue weighted by atomic mass is 10.1. The van der Waals surface area contributed by atoms with Crippen LogP contribution in [0.3, 0.4) is 0 Å². The molecule has 0 aliphatic carbocycles. The van der Waals surface area contributed by atoms with Crippen LogP contribution >= 0.6 is 0 Å². The molecular weight excluding hydrogens is 262 g/mol. The topological polar surface area (TPSA) is 50.1 Å². The number of nitrogens with zero attached hydrogens (tertiary/aromatic N) is 1. The summed E-state index contributed by atoms with van der Waals surface area (Å²) in [6, 6.07) is 11.2. The normalized spacial score (nSPS) is 12.5. The first kappa shape index (κ1) is 17.0.